The Labute approximate surface area is 155 Å². The molecule has 136 valence electrons. The third kappa shape index (κ3) is 3.85. The highest BCUT2D eigenvalue weighted by Gasteiger charge is 2.24. The molecule has 0 radical (unpaired) electrons. The molecule has 2 aromatic carbocycles. The Bertz CT molecular complexity index is 898. The minimum Gasteiger partial charge on any atom is -0.255 e. The zero-order valence-corrected chi connectivity index (χ0v) is 15.9. The first-order valence-corrected chi connectivity index (χ1v) is 9.97. The Balaban J connectivity index is 2.01. The zero-order chi connectivity index (χ0) is 18.7. The summed E-state index contributed by atoms with van der Waals surface area (Å²) in [7, 11) is -1.000. The number of benzene rings is 2. The molecule has 1 unspecified atom stereocenters. The summed E-state index contributed by atoms with van der Waals surface area (Å²) in [6.07, 6.45) is 3.72. The molecule has 26 heavy (non-hydrogen) atoms. The largest absolute Gasteiger partial charge is 0.255 e. The average molecular weight is 372 g/mol. The first kappa shape index (κ1) is 18.7. The van der Waals surface area contributed by atoms with Crippen molar-refractivity contribution in [3.63, 3.8) is 0 Å². The minimum atomic E-state index is -1.000. The topological polar surface area (TPSA) is 35.5 Å². The Morgan fingerprint density at radius 2 is 1.81 bits per heavy atom. The minimum absolute atomic E-state index is 0.265. The maximum Gasteiger partial charge on any atom is 0.123 e. The molecule has 0 aliphatic heterocycles. The summed E-state index contributed by atoms with van der Waals surface area (Å²) in [5, 5.41) is 0. The third-order valence-electron chi connectivity index (χ3n) is 4.38. The fourth-order valence-electron chi connectivity index (χ4n) is 3.05. The van der Waals surface area contributed by atoms with Gasteiger partial charge in [0.25, 0.3) is 0 Å². The van der Waals surface area contributed by atoms with Crippen molar-refractivity contribution in [2.24, 2.45) is 0 Å². The van der Waals surface area contributed by atoms with Gasteiger partial charge in [0.05, 0.1) is 6.61 Å². The number of hydrogen-bond acceptors (Lipinski definition) is 3. The molecule has 0 saturated carbocycles. The van der Waals surface area contributed by atoms with Gasteiger partial charge in [-0.15, -0.1) is 0 Å². The second-order valence-corrected chi connectivity index (χ2v) is 7.42. The quantitative estimate of drug-likeness (QED) is 0.413. The van der Waals surface area contributed by atoms with Crippen LogP contribution < -0.4 is 0 Å². The van der Waals surface area contributed by atoms with Gasteiger partial charge in [-0.1, -0.05) is 18.2 Å². The van der Waals surface area contributed by atoms with Crippen LogP contribution in [-0.2, 0) is 20.6 Å². The van der Waals surface area contributed by atoms with Crippen LogP contribution in [0.25, 0.3) is 17.2 Å². The fraction of sp³-hybridized carbons (Fsp3) is 0.238. The normalized spacial score (nSPS) is 16.2. The van der Waals surface area contributed by atoms with Crippen LogP contribution in [0, 0.1) is 5.82 Å². The van der Waals surface area contributed by atoms with Crippen LogP contribution in [0.3, 0.4) is 0 Å². The molecule has 0 saturated heterocycles. The van der Waals surface area contributed by atoms with E-state index in [1.54, 1.807) is 12.3 Å². The number of rotatable bonds is 6. The third-order valence-corrected chi connectivity index (χ3v) is 5.32. The number of fused-ring (bicyclic) bond motifs is 1. The van der Waals surface area contributed by atoms with Crippen molar-refractivity contribution in [3.05, 3.63) is 70.5 Å². The average Bonchev–Trinajstić information content (AvgIpc) is 2.87. The number of halogens is 1. The van der Waals surface area contributed by atoms with Crippen LogP contribution in [0.2, 0.25) is 0 Å². The van der Waals surface area contributed by atoms with Gasteiger partial charge in [0.15, 0.2) is 0 Å². The molecule has 1 atom stereocenters. The summed E-state index contributed by atoms with van der Waals surface area (Å²) in [6, 6.07) is 12.4. The van der Waals surface area contributed by atoms with Crippen molar-refractivity contribution in [1.29, 1.82) is 0 Å². The lowest BCUT2D eigenvalue weighted by atomic mass is 10.0. The van der Waals surface area contributed by atoms with E-state index in [0.717, 1.165) is 38.3 Å². The van der Waals surface area contributed by atoms with Crippen LogP contribution in [0.1, 0.15) is 30.5 Å². The Morgan fingerprint density at radius 3 is 2.46 bits per heavy atom. The fourth-order valence-corrected chi connectivity index (χ4v) is 3.57. The number of allylic oxidation sites excluding steroid dienone is 2. The van der Waals surface area contributed by atoms with E-state index in [1.807, 2.05) is 38.1 Å². The maximum atomic E-state index is 13.8. The van der Waals surface area contributed by atoms with Gasteiger partial charge in [-0.2, -0.15) is 0 Å². The number of hydrogen-bond donors (Lipinski definition) is 0. The SMILES string of the molecule is CCOOCC1=C(C)/C(=C/c2ccc(S(C)=O)cc2)c2ccc(F)cc21. The molecule has 1 aliphatic rings. The van der Waals surface area contributed by atoms with E-state index in [9.17, 15) is 8.60 Å². The van der Waals surface area contributed by atoms with E-state index in [1.165, 1.54) is 12.1 Å². The van der Waals surface area contributed by atoms with E-state index < -0.39 is 10.8 Å². The van der Waals surface area contributed by atoms with Crippen LogP contribution in [-0.4, -0.2) is 23.7 Å². The van der Waals surface area contributed by atoms with Crippen LogP contribution in [0.4, 0.5) is 4.39 Å². The highest BCUT2D eigenvalue weighted by molar-refractivity contribution is 7.84. The van der Waals surface area contributed by atoms with Crippen molar-refractivity contribution in [2.45, 2.75) is 18.7 Å². The Morgan fingerprint density at radius 1 is 1.08 bits per heavy atom. The second kappa shape index (κ2) is 8.08. The lowest BCUT2D eigenvalue weighted by Crippen LogP contribution is -1.99. The maximum absolute atomic E-state index is 13.8. The van der Waals surface area contributed by atoms with Gasteiger partial charge in [0.2, 0.25) is 0 Å². The lowest BCUT2D eigenvalue weighted by molar-refractivity contribution is -0.280. The van der Waals surface area contributed by atoms with Gasteiger partial charge in [-0.3, -0.25) is 4.21 Å². The van der Waals surface area contributed by atoms with Gasteiger partial charge in [-0.25, -0.2) is 14.2 Å². The zero-order valence-electron chi connectivity index (χ0n) is 15.0. The predicted octanol–water partition coefficient (Wildman–Crippen LogP) is 4.86. The van der Waals surface area contributed by atoms with Crippen LogP contribution >= 0.6 is 0 Å². The van der Waals surface area contributed by atoms with Crippen LogP contribution in [0.15, 0.2) is 52.9 Å². The Kier molecular flexibility index (Phi) is 5.81. The van der Waals surface area contributed by atoms with Gasteiger partial charge >= 0.3 is 0 Å². The van der Waals surface area contributed by atoms with Crippen molar-refractivity contribution in [1.82, 2.24) is 0 Å². The van der Waals surface area contributed by atoms with Crippen molar-refractivity contribution in [2.75, 3.05) is 19.5 Å². The molecule has 0 amide bonds. The second-order valence-electron chi connectivity index (χ2n) is 6.04. The predicted molar refractivity (Wildman–Crippen MR) is 103 cm³/mol. The van der Waals surface area contributed by atoms with Gasteiger partial charge in [-0.05, 0) is 77.6 Å². The smallest absolute Gasteiger partial charge is 0.123 e. The molecule has 3 nitrogen and oxygen atoms in total. The van der Waals surface area contributed by atoms with Gasteiger partial charge in [0, 0.05) is 22.0 Å². The molecule has 0 fully saturated rings. The van der Waals surface area contributed by atoms with Crippen LogP contribution in [0.5, 0.6) is 0 Å². The first-order valence-electron chi connectivity index (χ1n) is 8.41. The van der Waals surface area contributed by atoms with E-state index in [0.29, 0.717) is 6.61 Å². The molecule has 5 heteroatoms. The van der Waals surface area contributed by atoms with Crippen molar-refractivity contribution >= 4 is 28.0 Å². The molecule has 0 N–H and O–H groups in total. The monoisotopic (exact) mass is 372 g/mol. The molecule has 0 heterocycles. The molecule has 0 aromatic heterocycles. The highest BCUT2D eigenvalue weighted by Crippen LogP contribution is 2.42. The molecule has 3 rings (SSSR count). The van der Waals surface area contributed by atoms with Crippen molar-refractivity contribution < 1.29 is 18.4 Å². The van der Waals surface area contributed by atoms with E-state index in [4.69, 9.17) is 9.78 Å². The summed E-state index contributed by atoms with van der Waals surface area (Å²) in [5.74, 6) is -0.276. The molecule has 2 aromatic rings. The van der Waals surface area contributed by atoms with E-state index in [-0.39, 0.29) is 12.4 Å². The molecule has 1 aliphatic carbocycles. The van der Waals surface area contributed by atoms with Crippen molar-refractivity contribution in [3.8, 4) is 0 Å². The van der Waals surface area contributed by atoms with E-state index in [2.05, 4.69) is 6.08 Å². The molecule has 0 bridgehead atoms. The summed E-state index contributed by atoms with van der Waals surface area (Å²) in [4.78, 5) is 11.0. The summed E-state index contributed by atoms with van der Waals surface area (Å²) in [6.45, 7) is 4.57. The standard InChI is InChI=1S/C21H21FO3S/c1-4-24-25-13-21-14(2)19(18-10-7-16(22)12-20(18)21)11-15-5-8-17(9-6-15)26(3)23/h5-12H,4,13H2,1-3H3/b19-11-. The first-order chi connectivity index (χ1) is 12.5. The van der Waals surface area contributed by atoms with Gasteiger partial charge < -0.3 is 0 Å². The van der Waals surface area contributed by atoms with Gasteiger partial charge in [0.1, 0.15) is 12.4 Å². The van der Waals surface area contributed by atoms with E-state index >= 15 is 0 Å². The Hall–Kier alpha value is -2.08. The molecule has 0 spiro atoms. The summed E-state index contributed by atoms with van der Waals surface area (Å²) < 4.78 is 25.3. The molecular weight excluding hydrogens is 351 g/mol. The lowest BCUT2D eigenvalue weighted by Gasteiger charge is -2.06. The molecular formula is C21H21FO3S. The highest BCUT2D eigenvalue weighted by atomic mass is 32.2. The summed E-state index contributed by atoms with van der Waals surface area (Å²) in [5.41, 5.74) is 5.79. The summed E-state index contributed by atoms with van der Waals surface area (Å²) >= 11 is 0.